The van der Waals surface area contributed by atoms with Crippen LogP contribution >= 0.6 is 0 Å². The van der Waals surface area contributed by atoms with Gasteiger partial charge in [-0.15, -0.1) is 0 Å². The summed E-state index contributed by atoms with van der Waals surface area (Å²) in [5.74, 6) is 1.63. The van der Waals surface area contributed by atoms with E-state index in [0.29, 0.717) is 11.5 Å². The first-order valence-corrected chi connectivity index (χ1v) is 11.2. The van der Waals surface area contributed by atoms with E-state index in [4.69, 9.17) is 9.15 Å². The molecule has 31 heavy (non-hydrogen) atoms. The second-order valence-electron chi connectivity index (χ2n) is 8.88. The Hall–Kier alpha value is -3.01. The molecule has 0 saturated heterocycles. The average molecular weight is 418 g/mol. The van der Waals surface area contributed by atoms with Gasteiger partial charge in [-0.05, 0) is 48.2 Å². The minimum absolute atomic E-state index is 0.0819. The van der Waals surface area contributed by atoms with E-state index in [-0.39, 0.29) is 24.0 Å². The van der Waals surface area contributed by atoms with Crippen LogP contribution in [0.3, 0.4) is 0 Å². The average Bonchev–Trinajstić information content (AvgIpc) is 3.29. The van der Waals surface area contributed by atoms with Crippen molar-refractivity contribution in [2.45, 2.75) is 64.0 Å². The number of carbonyl (C=O) groups excluding carboxylic acids is 1. The molecule has 4 heteroatoms. The highest BCUT2D eigenvalue weighted by atomic mass is 16.5. The highest BCUT2D eigenvalue weighted by Gasteiger charge is 2.23. The molecule has 0 unspecified atom stereocenters. The fourth-order valence-corrected chi connectivity index (χ4v) is 4.22. The van der Waals surface area contributed by atoms with Crippen LogP contribution in [0.1, 0.15) is 73.4 Å². The third kappa shape index (κ3) is 5.19. The molecule has 0 atom stereocenters. The molecular weight excluding hydrogens is 386 g/mol. The molecule has 0 aliphatic heterocycles. The largest absolute Gasteiger partial charge is 0.486 e. The van der Waals surface area contributed by atoms with Gasteiger partial charge in [-0.2, -0.15) is 0 Å². The molecule has 0 radical (unpaired) electrons. The van der Waals surface area contributed by atoms with Gasteiger partial charge >= 0.3 is 0 Å². The van der Waals surface area contributed by atoms with Crippen LogP contribution in [0.25, 0.3) is 0 Å². The Bertz CT molecular complexity index is 983. The minimum Gasteiger partial charge on any atom is -0.486 e. The van der Waals surface area contributed by atoms with Gasteiger partial charge in [0, 0.05) is 11.5 Å². The number of carbonyl (C=O) groups is 1. The molecular formula is C27H31NO3. The third-order valence-electron chi connectivity index (χ3n) is 6.28. The van der Waals surface area contributed by atoms with E-state index in [0.717, 1.165) is 18.6 Å². The van der Waals surface area contributed by atoms with Gasteiger partial charge in [0.25, 0.3) is 5.91 Å². The number of ether oxygens (including phenoxy) is 1. The Labute approximate surface area is 184 Å². The number of hydrogen-bond acceptors (Lipinski definition) is 3. The zero-order chi connectivity index (χ0) is 21.7. The van der Waals surface area contributed by atoms with E-state index >= 15 is 0 Å². The van der Waals surface area contributed by atoms with Gasteiger partial charge in [0.2, 0.25) is 0 Å². The maximum atomic E-state index is 12.4. The summed E-state index contributed by atoms with van der Waals surface area (Å²) in [5.41, 5.74) is 2.42. The predicted molar refractivity (Wildman–Crippen MR) is 122 cm³/mol. The zero-order valence-electron chi connectivity index (χ0n) is 18.4. The van der Waals surface area contributed by atoms with Gasteiger partial charge in [-0.25, -0.2) is 0 Å². The van der Waals surface area contributed by atoms with Crippen molar-refractivity contribution in [2.75, 3.05) is 0 Å². The quantitative estimate of drug-likeness (QED) is 0.494. The minimum atomic E-state index is -0.134. The van der Waals surface area contributed by atoms with Crippen LogP contribution in [0.4, 0.5) is 0 Å². The summed E-state index contributed by atoms with van der Waals surface area (Å²) in [6.45, 7) is 4.74. The van der Waals surface area contributed by atoms with Crippen LogP contribution in [-0.4, -0.2) is 11.9 Å². The van der Waals surface area contributed by atoms with E-state index < -0.39 is 0 Å². The van der Waals surface area contributed by atoms with Crippen molar-refractivity contribution in [1.82, 2.24) is 5.32 Å². The van der Waals surface area contributed by atoms with Crippen molar-refractivity contribution < 1.29 is 13.9 Å². The Morgan fingerprint density at radius 2 is 1.61 bits per heavy atom. The van der Waals surface area contributed by atoms with E-state index in [1.54, 1.807) is 6.07 Å². The standard InChI is InChI=1S/C27H31NO3/c1-27(2,20-9-5-3-6-10-20)21-13-15-23(16-14-21)30-19-24-17-18-25(31-24)26(29)28-22-11-7-4-8-12-22/h3,5-6,9-10,13-18,22H,4,7-8,11-12,19H2,1-2H3,(H,28,29). The second-order valence-corrected chi connectivity index (χ2v) is 8.88. The first-order valence-electron chi connectivity index (χ1n) is 11.2. The molecule has 1 aliphatic rings. The van der Waals surface area contributed by atoms with Crippen molar-refractivity contribution in [1.29, 1.82) is 0 Å². The van der Waals surface area contributed by atoms with E-state index in [2.05, 4.69) is 55.6 Å². The molecule has 1 fully saturated rings. The molecule has 2 aromatic carbocycles. The topological polar surface area (TPSA) is 51.5 Å². The molecule has 3 aromatic rings. The highest BCUT2D eigenvalue weighted by Crippen LogP contribution is 2.32. The Morgan fingerprint density at radius 3 is 2.32 bits per heavy atom. The Morgan fingerprint density at radius 1 is 0.935 bits per heavy atom. The monoisotopic (exact) mass is 417 g/mol. The lowest BCUT2D eigenvalue weighted by molar-refractivity contribution is 0.0895. The molecule has 1 aliphatic carbocycles. The number of rotatable bonds is 7. The van der Waals surface area contributed by atoms with Crippen LogP contribution in [0.2, 0.25) is 0 Å². The number of amides is 1. The van der Waals surface area contributed by atoms with Gasteiger partial charge in [-0.1, -0.05) is 75.6 Å². The van der Waals surface area contributed by atoms with Crippen molar-refractivity contribution in [2.24, 2.45) is 0 Å². The molecule has 4 nitrogen and oxygen atoms in total. The molecule has 162 valence electrons. The number of benzene rings is 2. The molecule has 0 spiro atoms. The summed E-state index contributed by atoms with van der Waals surface area (Å²) in [5, 5.41) is 3.08. The molecule has 4 rings (SSSR count). The lowest BCUT2D eigenvalue weighted by atomic mass is 9.78. The number of hydrogen-bond donors (Lipinski definition) is 1. The van der Waals surface area contributed by atoms with Crippen LogP contribution in [0.15, 0.2) is 71.1 Å². The summed E-state index contributed by atoms with van der Waals surface area (Å²) in [6.07, 6.45) is 5.74. The summed E-state index contributed by atoms with van der Waals surface area (Å²) >= 11 is 0. The lowest BCUT2D eigenvalue weighted by Crippen LogP contribution is -2.35. The van der Waals surface area contributed by atoms with Crippen LogP contribution in [0.5, 0.6) is 5.75 Å². The first-order chi connectivity index (χ1) is 15.0. The maximum absolute atomic E-state index is 12.4. The molecule has 1 N–H and O–H groups in total. The smallest absolute Gasteiger partial charge is 0.287 e. The Balaban J connectivity index is 1.33. The first kappa shape index (κ1) is 21.2. The normalized spacial score (nSPS) is 14.9. The van der Waals surface area contributed by atoms with Crippen molar-refractivity contribution >= 4 is 5.91 Å². The van der Waals surface area contributed by atoms with E-state index in [1.165, 1.54) is 30.4 Å². The summed E-state index contributed by atoms with van der Waals surface area (Å²) in [6, 6.07) is 22.5. The summed E-state index contributed by atoms with van der Waals surface area (Å²) in [7, 11) is 0. The van der Waals surface area contributed by atoms with Gasteiger partial charge in [0.1, 0.15) is 18.1 Å². The zero-order valence-corrected chi connectivity index (χ0v) is 18.4. The van der Waals surface area contributed by atoms with Crippen molar-refractivity contribution in [3.05, 3.63) is 89.4 Å². The molecule has 1 saturated carbocycles. The fourth-order valence-electron chi connectivity index (χ4n) is 4.22. The highest BCUT2D eigenvalue weighted by molar-refractivity contribution is 5.91. The molecule has 1 heterocycles. The van der Waals surface area contributed by atoms with Gasteiger partial charge in [0.05, 0.1) is 0 Å². The van der Waals surface area contributed by atoms with Gasteiger partial charge in [-0.3, -0.25) is 4.79 Å². The van der Waals surface area contributed by atoms with Crippen LogP contribution in [0, 0.1) is 0 Å². The van der Waals surface area contributed by atoms with E-state index in [1.807, 2.05) is 24.3 Å². The number of furan rings is 1. The van der Waals surface area contributed by atoms with E-state index in [9.17, 15) is 4.79 Å². The summed E-state index contributed by atoms with van der Waals surface area (Å²) in [4.78, 5) is 12.4. The predicted octanol–water partition coefficient (Wildman–Crippen LogP) is 6.25. The van der Waals surface area contributed by atoms with Gasteiger partial charge in [0.15, 0.2) is 5.76 Å². The molecule has 1 amide bonds. The van der Waals surface area contributed by atoms with Crippen LogP contribution < -0.4 is 10.1 Å². The van der Waals surface area contributed by atoms with Gasteiger partial charge < -0.3 is 14.5 Å². The fraction of sp³-hybridized carbons (Fsp3) is 0.370. The van der Waals surface area contributed by atoms with Crippen molar-refractivity contribution in [3.8, 4) is 5.75 Å². The molecule has 1 aromatic heterocycles. The third-order valence-corrected chi connectivity index (χ3v) is 6.28. The number of nitrogens with one attached hydrogen (secondary N) is 1. The summed E-state index contributed by atoms with van der Waals surface area (Å²) < 4.78 is 11.6. The Kier molecular flexibility index (Phi) is 6.45. The van der Waals surface area contributed by atoms with Crippen molar-refractivity contribution in [3.63, 3.8) is 0 Å². The van der Waals surface area contributed by atoms with Crippen LogP contribution in [-0.2, 0) is 12.0 Å². The SMILES string of the molecule is CC(C)(c1ccccc1)c1ccc(OCc2ccc(C(=O)NC3CCCCC3)o2)cc1. The molecule has 0 bridgehead atoms. The maximum Gasteiger partial charge on any atom is 0.287 e. The second kappa shape index (κ2) is 9.42. The lowest BCUT2D eigenvalue weighted by Gasteiger charge is -2.26.